The summed E-state index contributed by atoms with van der Waals surface area (Å²) in [6.07, 6.45) is 3.61. The Morgan fingerprint density at radius 2 is 1.85 bits per heavy atom. The topological polar surface area (TPSA) is 58.1 Å². The van der Waals surface area contributed by atoms with Gasteiger partial charge in [0.15, 0.2) is 0 Å². The van der Waals surface area contributed by atoms with E-state index < -0.39 is 0 Å². The maximum absolute atomic E-state index is 12.9. The van der Waals surface area contributed by atoms with E-state index in [-0.39, 0.29) is 5.91 Å². The minimum atomic E-state index is -0.176. The minimum absolute atomic E-state index is 0.176. The Labute approximate surface area is 155 Å². The van der Waals surface area contributed by atoms with E-state index in [2.05, 4.69) is 40.1 Å². The summed E-state index contributed by atoms with van der Waals surface area (Å²) in [4.78, 5) is 24.1. The van der Waals surface area contributed by atoms with Gasteiger partial charge in [0.05, 0.1) is 0 Å². The third-order valence-corrected chi connectivity index (χ3v) is 4.90. The summed E-state index contributed by atoms with van der Waals surface area (Å²) in [5.74, 6) is 1.65. The van der Waals surface area contributed by atoms with Gasteiger partial charge < -0.3 is 10.2 Å². The van der Waals surface area contributed by atoms with Crippen molar-refractivity contribution in [1.82, 2.24) is 9.97 Å². The van der Waals surface area contributed by atoms with Crippen molar-refractivity contribution >= 4 is 17.4 Å². The van der Waals surface area contributed by atoms with Crippen LogP contribution in [-0.2, 0) is 0 Å². The molecule has 26 heavy (non-hydrogen) atoms. The van der Waals surface area contributed by atoms with Gasteiger partial charge in [-0.3, -0.25) is 4.79 Å². The molecule has 5 heteroatoms. The van der Waals surface area contributed by atoms with Crippen LogP contribution in [0.25, 0.3) is 0 Å². The molecule has 2 heterocycles. The summed E-state index contributed by atoms with van der Waals surface area (Å²) in [6.45, 7) is 10.1. The van der Waals surface area contributed by atoms with Crippen LogP contribution in [-0.4, -0.2) is 29.0 Å². The Morgan fingerprint density at radius 1 is 1.12 bits per heavy atom. The lowest BCUT2D eigenvalue weighted by Gasteiger charge is -2.28. The molecule has 1 amide bonds. The summed E-state index contributed by atoms with van der Waals surface area (Å²) < 4.78 is 0. The SMILES string of the molecule is Cc1nc(C(=O)Nc2c(C)cccc2C(C)C)cc(N2CCCCC2)n1. The third kappa shape index (κ3) is 4.03. The molecule has 0 unspecified atom stereocenters. The quantitative estimate of drug-likeness (QED) is 0.882. The number of carbonyl (C=O) groups is 1. The third-order valence-electron chi connectivity index (χ3n) is 4.90. The number of nitrogens with one attached hydrogen (secondary N) is 1. The highest BCUT2D eigenvalue weighted by molar-refractivity contribution is 6.04. The molecule has 1 aromatic carbocycles. The number of amides is 1. The zero-order chi connectivity index (χ0) is 18.7. The van der Waals surface area contributed by atoms with Gasteiger partial charge >= 0.3 is 0 Å². The molecule has 0 bridgehead atoms. The molecule has 1 fully saturated rings. The van der Waals surface area contributed by atoms with Crippen LogP contribution in [0.15, 0.2) is 24.3 Å². The Balaban J connectivity index is 1.88. The van der Waals surface area contributed by atoms with Gasteiger partial charge in [-0.25, -0.2) is 9.97 Å². The number of hydrogen-bond acceptors (Lipinski definition) is 4. The smallest absolute Gasteiger partial charge is 0.274 e. The van der Waals surface area contributed by atoms with Crippen molar-refractivity contribution < 1.29 is 4.79 Å². The average Bonchev–Trinajstić information content (AvgIpc) is 2.63. The first-order valence-corrected chi connectivity index (χ1v) is 9.47. The molecule has 0 radical (unpaired) electrons. The molecule has 0 atom stereocenters. The highest BCUT2D eigenvalue weighted by Crippen LogP contribution is 2.28. The number of benzene rings is 1. The monoisotopic (exact) mass is 352 g/mol. The van der Waals surface area contributed by atoms with E-state index in [1.54, 1.807) is 0 Å². The maximum atomic E-state index is 12.9. The summed E-state index contributed by atoms with van der Waals surface area (Å²) in [5, 5.41) is 3.09. The molecular weight excluding hydrogens is 324 g/mol. The molecule has 0 saturated carbocycles. The van der Waals surface area contributed by atoms with Crippen molar-refractivity contribution in [2.75, 3.05) is 23.3 Å². The molecule has 1 N–H and O–H groups in total. The van der Waals surface area contributed by atoms with Crippen molar-refractivity contribution in [2.45, 2.75) is 52.9 Å². The number of aryl methyl sites for hydroxylation is 2. The first kappa shape index (κ1) is 18.4. The maximum Gasteiger partial charge on any atom is 0.274 e. The number of aromatic nitrogens is 2. The second-order valence-electron chi connectivity index (χ2n) is 7.35. The van der Waals surface area contributed by atoms with Gasteiger partial charge in [0.1, 0.15) is 17.3 Å². The first-order valence-electron chi connectivity index (χ1n) is 9.47. The summed E-state index contributed by atoms with van der Waals surface area (Å²) >= 11 is 0. The lowest BCUT2D eigenvalue weighted by Crippen LogP contribution is -2.31. The van der Waals surface area contributed by atoms with Crippen molar-refractivity contribution in [2.24, 2.45) is 0 Å². The minimum Gasteiger partial charge on any atom is -0.356 e. The highest BCUT2D eigenvalue weighted by atomic mass is 16.1. The highest BCUT2D eigenvalue weighted by Gasteiger charge is 2.18. The van der Waals surface area contributed by atoms with Crippen molar-refractivity contribution in [3.05, 3.63) is 46.9 Å². The molecule has 138 valence electrons. The largest absolute Gasteiger partial charge is 0.356 e. The average molecular weight is 352 g/mol. The van der Waals surface area contributed by atoms with E-state index in [1.165, 1.54) is 19.3 Å². The fourth-order valence-electron chi connectivity index (χ4n) is 3.47. The van der Waals surface area contributed by atoms with Gasteiger partial charge in [0.25, 0.3) is 5.91 Å². The summed E-state index contributed by atoms with van der Waals surface area (Å²) in [5.41, 5.74) is 3.52. The van der Waals surface area contributed by atoms with Crippen LogP contribution in [0.4, 0.5) is 11.5 Å². The molecule has 0 spiro atoms. The van der Waals surface area contributed by atoms with Crippen molar-refractivity contribution in [3.63, 3.8) is 0 Å². The molecule has 1 aromatic heterocycles. The molecular formula is C21H28N4O. The lowest BCUT2D eigenvalue weighted by atomic mass is 9.98. The van der Waals surface area contributed by atoms with Gasteiger partial charge in [-0.1, -0.05) is 32.0 Å². The molecule has 2 aromatic rings. The molecule has 1 aliphatic rings. The van der Waals surface area contributed by atoms with Crippen molar-refractivity contribution in [3.8, 4) is 0 Å². The van der Waals surface area contributed by atoms with Crippen LogP contribution < -0.4 is 10.2 Å². The van der Waals surface area contributed by atoms with E-state index in [1.807, 2.05) is 32.0 Å². The zero-order valence-corrected chi connectivity index (χ0v) is 16.2. The van der Waals surface area contributed by atoms with E-state index in [0.29, 0.717) is 17.4 Å². The number of carbonyl (C=O) groups excluding carboxylic acids is 1. The van der Waals surface area contributed by atoms with E-state index >= 15 is 0 Å². The number of anilines is 2. The second-order valence-corrected chi connectivity index (χ2v) is 7.35. The Morgan fingerprint density at radius 3 is 2.54 bits per heavy atom. The van der Waals surface area contributed by atoms with Crippen LogP contribution in [0.1, 0.15) is 66.5 Å². The number of para-hydroxylation sites is 1. The summed E-state index contributed by atoms with van der Waals surface area (Å²) in [7, 11) is 0. The van der Waals surface area contributed by atoms with Crippen molar-refractivity contribution in [1.29, 1.82) is 0 Å². The van der Waals surface area contributed by atoms with Gasteiger partial charge in [-0.15, -0.1) is 0 Å². The van der Waals surface area contributed by atoms with Gasteiger partial charge in [0.2, 0.25) is 0 Å². The van der Waals surface area contributed by atoms with Gasteiger partial charge in [-0.05, 0) is 50.2 Å². The van der Waals surface area contributed by atoms with Gasteiger partial charge in [0, 0.05) is 24.8 Å². The van der Waals surface area contributed by atoms with Crippen LogP contribution in [0.5, 0.6) is 0 Å². The number of hydrogen-bond donors (Lipinski definition) is 1. The second kappa shape index (κ2) is 7.85. The normalized spacial score (nSPS) is 14.6. The van der Waals surface area contributed by atoms with Crippen LogP contribution in [0, 0.1) is 13.8 Å². The fourth-order valence-corrected chi connectivity index (χ4v) is 3.47. The van der Waals surface area contributed by atoms with Crippen LogP contribution >= 0.6 is 0 Å². The first-order chi connectivity index (χ1) is 12.5. The summed E-state index contributed by atoms with van der Waals surface area (Å²) in [6, 6.07) is 7.94. The van der Waals surface area contributed by atoms with Crippen LogP contribution in [0.3, 0.4) is 0 Å². The molecule has 0 aliphatic carbocycles. The van der Waals surface area contributed by atoms with E-state index in [9.17, 15) is 4.79 Å². The van der Waals surface area contributed by atoms with Gasteiger partial charge in [-0.2, -0.15) is 0 Å². The molecule has 3 rings (SSSR count). The zero-order valence-electron chi connectivity index (χ0n) is 16.2. The Kier molecular flexibility index (Phi) is 5.55. The predicted molar refractivity (Wildman–Crippen MR) is 106 cm³/mol. The number of rotatable bonds is 4. The lowest BCUT2D eigenvalue weighted by molar-refractivity contribution is 0.102. The Hall–Kier alpha value is -2.43. The molecule has 1 aliphatic heterocycles. The molecule has 5 nitrogen and oxygen atoms in total. The van der Waals surface area contributed by atoms with E-state index in [0.717, 1.165) is 35.7 Å². The Bertz CT molecular complexity index is 795. The predicted octanol–water partition coefficient (Wildman–Crippen LogP) is 4.46. The van der Waals surface area contributed by atoms with E-state index in [4.69, 9.17) is 0 Å². The standard InChI is InChI=1S/C21H28N4O/c1-14(2)17-10-8-9-15(3)20(17)24-21(26)18-13-19(23-16(4)22-18)25-11-6-5-7-12-25/h8-10,13-14H,5-7,11-12H2,1-4H3,(H,24,26). The molecule has 1 saturated heterocycles. The fraction of sp³-hybridized carbons (Fsp3) is 0.476. The number of piperidine rings is 1. The van der Waals surface area contributed by atoms with Crippen LogP contribution in [0.2, 0.25) is 0 Å². The number of nitrogens with zero attached hydrogens (tertiary/aromatic N) is 3.